The van der Waals surface area contributed by atoms with Gasteiger partial charge in [0.2, 0.25) is 0 Å². The van der Waals surface area contributed by atoms with Crippen molar-refractivity contribution in [3.05, 3.63) is 17.8 Å². The maximum absolute atomic E-state index is 11.2. The molecule has 1 aliphatic rings. The SMILES string of the molecule is CC(O)C(=O)OCCCN1CCN(c2ncnc3ccsc23)CC1. The van der Waals surface area contributed by atoms with Crippen LogP contribution in [-0.2, 0) is 9.53 Å². The minimum Gasteiger partial charge on any atom is -0.464 e. The Labute approximate surface area is 144 Å². The van der Waals surface area contributed by atoms with Crippen molar-refractivity contribution in [1.82, 2.24) is 14.9 Å². The average Bonchev–Trinajstić information content (AvgIpc) is 3.07. The van der Waals surface area contributed by atoms with E-state index in [0.717, 1.165) is 55.2 Å². The van der Waals surface area contributed by atoms with E-state index in [-0.39, 0.29) is 0 Å². The lowest BCUT2D eigenvalue weighted by Crippen LogP contribution is -2.47. The third-order valence-electron chi connectivity index (χ3n) is 4.10. The van der Waals surface area contributed by atoms with Crippen LogP contribution in [0.3, 0.4) is 0 Å². The highest BCUT2D eigenvalue weighted by Crippen LogP contribution is 2.28. The second kappa shape index (κ2) is 7.87. The van der Waals surface area contributed by atoms with Gasteiger partial charge in [-0.3, -0.25) is 4.90 Å². The molecule has 3 heterocycles. The molecule has 0 bridgehead atoms. The van der Waals surface area contributed by atoms with Crippen LogP contribution in [0, 0.1) is 0 Å². The van der Waals surface area contributed by atoms with E-state index >= 15 is 0 Å². The molecular weight excluding hydrogens is 328 g/mol. The Morgan fingerprint density at radius 3 is 2.92 bits per heavy atom. The number of aromatic nitrogens is 2. The van der Waals surface area contributed by atoms with Gasteiger partial charge in [-0.1, -0.05) is 0 Å². The number of rotatable bonds is 6. The van der Waals surface area contributed by atoms with Gasteiger partial charge in [-0.25, -0.2) is 14.8 Å². The predicted octanol–water partition coefficient (Wildman–Crippen LogP) is 1.13. The van der Waals surface area contributed by atoms with E-state index in [1.807, 2.05) is 11.4 Å². The molecule has 24 heavy (non-hydrogen) atoms. The quantitative estimate of drug-likeness (QED) is 0.618. The van der Waals surface area contributed by atoms with Crippen molar-refractivity contribution in [2.75, 3.05) is 44.2 Å². The summed E-state index contributed by atoms with van der Waals surface area (Å²) in [7, 11) is 0. The lowest BCUT2D eigenvalue weighted by Gasteiger charge is -2.35. The fraction of sp³-hybridized carbons (Fsp3) is 0.562. The summed E-state index contributed by atoms with van der Waals surface area (Å²) in [5.74, 6) is 0.476. The van der Waals surface area contributed by atoms with Crippen LogP contribution in [0.2, 0.25) is 0 Å². The number of carbonyl (C=O) groups is 1. The smallest absolute Gasteiger partial charge is 0.334 e. The summed E-state index contributed by atoms with van der Waals surface area (Å²) in [4.78, 5) is 24.6. The van der Waals surface area contributed by atoms with Gasteiger partial charge in [-0.15, -0.1) is 11.3 Å². The largest absolute Gasteiger partial charge is 0.464 e. The van der Waals surface area contributed by atoms with Crippen molar-refractivity contribution in [1.29, 1.82) is 0 Å². The molecule has 1 aliphatic heterocycles. The molecule has 0 saturated carbocycles. The second-order valence-corrected chi connectivity index (χ2v) is 6.77. The Kier molecular flexibility index (Phi) is 5.60. The molecule has 130 valence electrons. The summed E-state index contributed by atoms with van der Waals surface area (Å²) in [6.07, 6.45) is 1.37. The highest BCUT2D eigenvalue weighted by atomic mass is 32.1. The summed E-state index contributed by atoms with van der Waals surface area (Å²) in [5, 5.41) is 11.1. The van der Waals surface area contributed by atoms with Crippen LogP contribution < -0.4 is 4.90 Å². The number of hydrogen-bond acceptors (Lipinski definition) is 8. The Morgan fingerprint density at radius 2 is 2.17 bits per heavy atom. The zero-order chi connectivity index (χ0) is 16.9. The first-order valence-corrected chi connectivity index (χ1v) is 9.03. The van der Waals surface area contributed by atoms with Crippen molar-refractivity contribution in [2.45, 2.75) is 19.4 Å². The van der Waals surface area contributed by atoms with Crippen LogP contribution in [0.4, 0.5) is 5.82 Å². The minimum atomic E-state index is -1.05. The van der Waals surface area contributed by atoms with Gasteiger partial charge in [-0.2, -0.15) is 0 Å². The van der Waals surface area contributed by atoms with E-state index in [0.29, 0.717) is 6.61 Å². The molecule has 3 rings (SSSR count). The van der Waals surface area contributed by atoms with Crippen LogP contribution in [0.5, 0.6) is 0 Å². The lowest BCUT2D eigenvalue weighted by molar-refractivity contribution is -0.152. The number of hydrogen-bond donors (Lipinski definition) is 1. The first-order valence-electron chi connectivity index (χ1n) is 8.15. The number of fused-ring (bicyclic) bond motifs is 1. The highest BCUT2D eigenvalue weighted by Gasteiger charge is 2.20. The normalized spacial score (nSPS) is 17.2. The zero-order valence-corrected chi connectivity index (χ0v) is 14.5. The van der Waals surface area contributed by atoms with Crippen LogP contribution in [0.15, 0.2) is 17.8 Å². The summed E-state index contributed by atoms with van der Waals surface area (Å²) in [5.41, 5.74) is 1.01. The molecule has 7 nitrogen and oxygen atoms in total. The van der Waals surface area contributed by atoms with E-state index in [2.05, 4.69) is 19.8 Å². The van der Waals surface area contributed by atoms with Crippen molar-refractivity contribution >= 4 is 33.3 Å². The van der Waals surface area contributed by atoms with Gasteiger partial charge in [0.15, 0.2) is 0 Å². The first-order chi connectivity index (χ1) is 11.6. The number of aliphatic hydroxyl groups is 1. The number of piperazine rings is 1. The summed E-state index contributed by atoms with van der Waals surface area (Å²) in [6, 6.07) is 2.02. The van der Waals surface area contributed by atoms with E-state index in [1.165, 1.54) is 6.92 Å². The number of nitrogens with zero attached hydrogens (tertiary/aromatic N) is 4. The average molecular weight is 350 g/mol. The molecule has 2 aromatic rings. The van der Waals surface area contributed by atoms with Crippen LogP contribution in [0.1, 0.15) is 13.3 Å². The predicted molar refractivity (Wildman–Crippen MR) is 93.3 cm³/mol. The van der Waals surface area contributed by atoms with E-state index in [4.69, 9.17) is 9.84 Å². The van der Waals surface area contributed by atoms with Gasteiger partial charge in [0.05, 0.1) is 16.8 Å². The molecule has 1 fully saturated rings. The first kappa shape index (κ1) is 17.1. The summed E-state index contributed by atoms with van der Waals surface area (Å²) < 4.78 is 6.13. The van der Waals surface area contributed by atoms with Crippen molar-refractivity contribution < 1.29 is 14.6 Å². The molecule has 1 saturated heterocycles. The van der Waals surface area contributed by atoms with E-state index in [9.17, 15) is 4.79 Å². The molecule has 0 aromatic carbocycles. The Morgan fingerprint density at radius 1 is 1.38 bits per heavy atom. The zero-order valence-electron chi connectivity index (χ0n) is 13.7. The molecule has 8 heteroatoms. The number of anilines is 1. The van der Waals surface area contributed by atoms with Gasteiger partial charge >= 0.3 is 5.97 Å². The van der Waals surface area contributed by atoms with Crippen molar-refractivity contribution in [3.63, 3.8) is 0 Å². The Balaban J connectivity index is 1.44. The summed E-state index contributed by atoms with van der Waals surface area (Å²) in [6.45, 7) is 6.43. The maximum atomic E-state index is 11.2. The van der Waals surface area contributed by atoms with Gasteiger partial charge in [-0.05, 0) is 24.8 Å². The van der Waals surface area contributed by atoms with Gasteiger partial charge in [0.25, 0.3) is 0 Å². The Bertz CT molecular complexity index is 683. The number of esters is 1. The molecule has 0 amide bonds. The maximum Gasteiger partial charge on any atom is 0.334 e. The van der Waals surface area contributed by atoms with Crippen LogP contribution >= 0.6 is 11.3 Å². The molecule has 1 unspecified atom stereocenters. The third kappa shape index (κ3) is 4.00. The third-order valence-corrected chi connectivity index (χ3v) is 5.00. The highest BCUT2D eigenvalue weighted by molar-refractivity contribution is 7.17. The lowest BCUT2D eigenvalue weighted by atomic mass is 10.3. The second-order valence-electron chi connectivity index (χ2n) is 5.86. The van der Waals surface area contributed by atoms with E-state index in [1.54, 1.807) is 17.7 Å². The van der Waals surface area contributed by atoms with Crippen molar-refractivity contribution in [2.24, 2.45) is 0 Å². The fourth-order valence-electron chi connectivity index (χ4n) is 2.77. The fourth-order valence-corrected chi connectivity index (χ4v) is 3.63. The molecular formula is C16H22N4O3S. The topological polar surface area (TPSA) is 78.8 Å². The molecule has 2 aromatic heterocycles. The van der Waals surface area contributed by atoms with Crippen LogP contribution in [0.25, 0.3) is 10.2 Å². The minimum absolute atomic E-state index is 0.353. The number of ether oxygens (including phenoxy) is 1. The number of carbonyl (C=O) groups excluding carboxylic acids is 1. The number of aliphatic hydroxyl groups excluding tert-OH is 1. The van der Waals surface area contributed by atoms with Gasteiger partial charge in [0, 0.05) is 32.7 Å². The molecule has 0 aliphatic carbocycles. The van der Waals surface area contributed by atoms with Crippen LogP contribution in [-0.4, -0.2) is 71.4 Å². The molecule has 1 atom stereocenters. The standard InChI is InChI=1S/C16H22N4O3S/c1-12(21)16(22)23-9-2-4-19-5-7-20(8-6-19)15-14-13(3-10-24-14)17-11-18-15/h3,10-12,21H,2,4-9H2,1H3. The number of thiophene rings is 1. The summed E-state index contributed by atoms with van der Waals surface area (Å²) >= 11 is 1.68. The molecule has 0 spiro atoms. The Hall–Kier alpha value is -1.77. The van der Waals surface area contributed by atoms with E-state index < -0.39 is 12.1 Å². The van der Waals surface area contributed by atoms with Crippen molar-refractivity contribution in [3.8, 4) is 0 Å². The van der Waals surface area contributed by atoms with Gasteiger partial charge < -0.3 is 14.7 Å². The molecule has 0 radical (unpaired) electrons. The monoisotopic (exact) mass is 350 g/mol. The van der Waals surface area contributed by atoms with Gasteiger partial charge in [0.1, 0.15) is 18.2 Å². The molecule has 1 N–H and O–H groups in total.